The van der Waals surface area contributed by atoms with Crippen LogP contribution in [0.1, 0.15) is 168 Å². The fourth-order valence-electron chi connectivity index (χ4n) is 6.86. The van der Waals surface area contributed by atoms with Crippen LogP contribution < -0.4 is 0 Å². The van der Waals surface area contributed by atoms with E-state index < -0.39 is 43.4 Å². The van der Waals surface area contributed by atoms with Crippen LogP contribution in [0.3, 0.4) is 0 Å². The highest BCUT2D eigenvalue weighted by Gasteiger charge is 2.44. The standard InChI is InChI=1S/C55H90O9/c1-3-5-7-9-11-13-15-17-19-21-23-24-25-27-29-31-33-35-37-39-41-43-45-61-47-49(48-62-55-54(60)53(59)52(58)50(46-56)64-55)63-51(57)44-42-40-38-36-34-32-30-28-26-22-20-18-16-14-12-10-8-6-4-2/h5-8,11-14,17-20,23-24,26,28,32,34,49-50,52-56,58-60H,3-4,9-10,15-16,21-22,25,27,29-31,33,35-48H2,1-2H3/b7-5-,8-6-,13-11-,14-12-,19-17-,20-18-,24-23-,28-26-,34-32-. The molecule has 64 heavy (non-hydrogen) atoms. The number of aliphatic hydroxyl groups excluding tert-OH is 4. The average molecular weight is 895 g/mol. The van der Waals surface area contributed by atoms with Crippen molar-refractivity contribution < 1.29 is 44.2 Å². The summed E-state index contributed by atoms with van der Waals surface area (Å²) in [6.07, 6.45) is 56.9. The smallest absolute Gasteiger partial charge is 0.306 e. The number of aliphatic hydroxyl groups is 4. The Morgan fingerprint density at radius 2 is 0.906 bits per heavy atom. The predicted octanol–water partition coefficient (Wildman–Crippen LogP) is 12.1. The Morgan fingerprint density at radius 3 is 1.36 bits per heavy atom. The van der Waals surface area contributed by atoms with Gasteiger partial charge in [-0.1, -0.05) is 175 Å². The second kappa shape index (κ2) is 45.0. The first kappa shape index (κ1) is 58.9. The third-order valence-corrected chi connectivity index (χ3v) is 10.7. The molecule has 0 spiro atoms. The predicted molar refractivity (Wildman–Crippen MR) is 265 cm³/mol. The van der Waals surface area contributed by atoms with Gasteiger partial charge in [-0.25, -0.2) is 0 Å². The quantitative estimate of drug-likeness (QED) is 0.0269. The third kappa shape index (κ3) is 35.2. The van der Waals surface area contributed by atoms with E-state index in [0.717, 1.165) is 103 Å². The van der Waals surface area contributed by atoms with Gasteiger partial charge in [0.25, 0.3) is 0 Å². The lowest BCUT2D eigenvalue weighted by molar-refractivity contribution is -0.305. The number of ether oxygens (including phenoxy) is 4. The Morgan fingerprint density at radius 1 is 0.500 bits per heavy atom. The monoisotopic (exact) mass is 895 g/mol. The van der Waals surface area contributed by atoms with E-state index in [1.807, 2.05) is 0 Å². The summed E-state index contributed by atoms with van der Waals surface area (Å²) < 4.78 is 22.8. The molecule has 0 aromatic heterocycles. The number of allylic oxidation sites excluding steroid dienone is 18. The third-order valence-electron chi connectivity index (χ3n) is 10.7. The molecule has 1 rings (SSSR count). The van der Waals surface area contributed by atoms with Gasteiger partial charge in [-0.2, -0.15) is 0 Å². The minimum atomic E-state index is -1.55. The van der Waals surface area contributed by atoms with Crippen molar-refractivity contribution in [2.45, 2.75) is 205 Å². The number of carbonyl (C=O) groups is 1. The van der Waals surface area contributed by atoms with E-state index in [1.165, 1.54) is 38.5 Å². The molecule has 6 unspecified atom stereocenters. The van der Waals surface area contributed by atoms with Crippen LogP contribution in [-0.4, -0.2) is 89.6 Å². The van der Waals surface area contributed by atoms with Crippen LogP contribution >= 0.6 is 0 Å². The van der Waals surface area contributed by atoms with E-state index in [1.54, 1.807) is 0 Å². The topological polar surface area (TPSA) is 135 Å². The van der Waals surface area contributed by atoms with Crippen molar-refractivity contribution in [2.75, 3.05) is 26.4 Å². The highest BCUT2D eigenvalue weighted by molar-refractivity contribution is 5.69. The van der Waals surface area contributed by atoms with Gasteiger partial charge in [0.2, 0.25) is 0 Å². The maximum absolute atomic E-state index is 12.8. The molecule has 0 radical (unpaired) electrons. The molecule has 0 saturated carbocycles. The van der Waals surface area contributed by atoms with E-state index in [-0.39, 0.29) is 25.6 Å². The number of unbranched alkanes of at least 4 members (excludes halogenated alkanes) is 12. The van der Waals surface area contributed by atoms with Crippen LogP contribution in [0.25, 0.3) is 0 Å². The first-order valence-corrected chi connectivity index (χ1v) is 25.0. The van der Waals surface area contributed by atoms with E-state index in [4.69, 9.17) is 18.9 Å². The molecular weight excluding hydrogens is 805 g/mol. The summed E-state index contributed by atoms with van der Waals surface area (Å²) in [6, 6.07) is 0. The zero-order valence-corrected chi connectivity index (χ0v) is 40.0. The van der Waals surface area contributed by atoms with Crippen molar-refractivity contribution in [2.24, 2.45) is 0 Å². The average Bonchev–Trinajstić information content (AvgIpc) is 3.30. The zero-order chi connectivity index (χ0) is 46.4. The summed E-state index contributed by atoms with van der Waals surface area (Å²) in [5, 5.41) is 40.2. The van der Waals surface area contributed by atoms with Crippen LogP contribution in [0.4, 0.5) is 0 Å². The number of rotatable bonds is 41. The molecule has 9 heteroatoms. The lowest BCUT2D eigenvalue weighted by Crippen LogP contribution is -2.59. The fourth-order valence-corrected chi connectivity index (χ4v) is 6.86. The Balaban J connectivity index is 2.26. The van der Waals surface area contributed by atoms with Gasteiger partial charge in [0.1, 0.15) is 30.5 Å². The number of esters is 1. The van der Waals surface area contributed by atoms with Crippen molar-refractivity contribution in [3.63, 3.8) is 0 Å². The molecule has 364 valence electrons. The summed E-state index contributed by atoms with van der Waals surface area (Å²) in [7, 11) is 0. The first-order chi connectivity index (χ1) is 31.4. The molecule has 0 bridgehead atoms. The molecule has 1 heterocycles. The fraction of sp³-hybridized carbons (Fsp3) is 0.655. The van der Waals surface area contributed by atoms with E-state index in [2.05, 4.69) is 123 Å². The molecule has 0 aliphatic carbocycles. The normalized spacial score (nSPS) is 20.5. The number of carbonyl (C=O) groups excluding carboxylic acids is 1. The number of hydrogen-bond donors (Lipinski definition) is 4. The van der Waals surface area contributed by atoms with Gasteiger partial charge in [-0.3, -0.25) is 4.79 Å². The van der Waals surface area contributed by atoms with Crippen LogP contribution in [-0.2, 0) is 23.7 Å². The van der Waals surface area contributed by atoms with E-state index >= 15 is 0 Å². The van der Waals surface area contributed by atoms with Gasteiger partial charge in [0.05, 0.1) is 19.8 Å². The van der Waals surface area contributed by atoms with Gasteiger partial charge in [0, 0.05) is 13.0 Å². The van der Waals surface area contributed by atoms with Crippen LogP contribution in [0.2, 0.25) is 0 Å². The van der Waals surface area contributed by atoms with Gasteiger partial charge in [-0.05, 0) is 96.3 Å². The second-order valence-corrected chi connectivity index (χ2v) is 16.5. The Kier molecular flexibility index (Phi) is 41.4. The highest BCUT2D eigenvalue weighted by atomic mass is 16.7. The molecule has 0 aromatic carbocycles. The largest absolute Gasteiger partial charge is 0.457 e. The van der Waals surface area contributed by atoms with Gasteiger partial charge >= 0.3 is 5.97 Å². The van der Waals surface area contributed by atoms with Gasteiger partial charge in [0.15, 0.2) is 6.29 Å². The van der Waals surface area contributed by atoms with Crippen LogP contribution in [0.5, 0.6) is 0 Å². The lowest BCUT2D eigenvalue weighted by atomic mass is 9.99. The second-order valence-electron chi connectivity index (χ2n) is 16.5. The summed E-state index contributed by atoms with van der Waals surface area (Å²) in [5.41, 5.74) is 0. The number of hydrogen-bond acceptors (Lipinski definition) is 9. The van der Waals surface area contributed by atoms with E-state index in [9.17, 15) is 25.2 Å². The molecule has 9 nitrogen and oxygen atoms in total. The summed E-state index contributed by atoms with van der Waals surface area (Å²) in [5.74, 6) is -0.351. The Hall–Kier alpha value is -3.15. The highest BCUT2D eigenvalue weighted by Crippen LogP contribution is 2.22. The molecular formula is C55H90O9. The minimum absolute atomic E-state index is 0.119. The van der Waals surface area contributed by atoms with Crippen molar-refractivity contribution in [3.05, 3.63) is 109 Å². The van der Waals surface area contributed by atoms with Gasteiger partial charge < -0.3 is 39.4 Å². The maximum atomic E-state index is 12.8. The lowest BCUT2D eigenvalue weighted by Gasteiger charge is -2.39. The van der Waals surface area contributed by atoms with Crippen molar-refractivity contribution >= 4 is 5.97 Å². The van der Waals surface area contributed by atoms with Crippen LogP contribution in [0, 0.1) is 0 Å². The molecule has 1 fully saturated rings. The van der Waals surface area contributed by atoms with Crippen molar-refractivity contribution in [1.82, 2.24) is 0 Å². The molecule has 1 aliphatic heterocycles. The SMILES string of the molecule is CC/C=C\C/C=C\C/C=C\C/C=C\C/C=C\CCCCCC(=O)OC(COCCCCCCCCCCC/C=C\C/C=C\C/C=C\C/C=C\CC)COC1OC(CO)C(O)C(O)C1O. The molecule has 4 N–H and O–H groups in total. The molecule has 6 atom stereocenters. The molecule has 0 aromatic rings. The summed E-state index contributed by atoms with van der Waals surface area (Å²) in [4.78, 5) is 12.8. The molecule has 1 saturated heterocycles. The summed E-state index contributed by atoms with van der Waals surface area (Å²) in [6.45, 7) is 4.26. The first-order valence-electron chi connectivity index (χ1n) is 25.0. The van der Waals surface area contributed by atoms with Crippen LogP contribution in [0.15, 0.2) is 109 Å². The summed E-state index contributed by atoms with van der Waals surface area (Å²) >= 11 is 0. The van der Waals surface area contributed by atoms with Crippen molar-refractivity contribution in [1.29, 1.82) is 0 Å². The zero-order valence-electron chi connectivity index (χ0n) is 40.0. The van der Waals surface area contributed by atoms with Crippen molar-refractivity contribution in [3.8, 4) is 0 Å². The van der Waals surface area contributed by atoms with Gasteiger partial charge in [-0.15, -0.1) is 0 Å². The minimum Gasteiger partial charge on any atom is -0.457 e. The maximum Gasteiger partial charge on any atom is 0.306 e. The molecule has 1 aliphatic rings. The Bertz CT molecular complexity index is 1340. The Labute approximate surface area is 389 Å². The molecule has 0 amide bonds. The van der Waals surface area contributed by atoms with E-state index in [0.29, 0.717) is 13.0 Å².